The highest BCUT2D eigenvalue weighted by Gasteiger charge is 2.30. The molecule has 6 nitrogen and oxygen atoms in total. The van der Waals surface area contributed by atoms with Crippen molar-refractivity contribution in [3.63, 3.8) is 0 Å². The Morgan fingerprint density at radius 3 is 2.59 bits per heavy atom. The van der Waals surface area contributed by atoms with Crippen LogP contribution >= 0.6 is 11.3 Å². The number of rotatable bonds is 8. The molecule has 2 rings (SSSR count). The first-order valence-corrected chi connectivity index (χ1v) is 9.04. The van der Waals surface area contributed by atoms with Crippen molar-refractivity contribution in [3.05, 3.63) is 46.3 Å². The molecule has 0 saturated carbocycles. The second-order valence-corrected chi connectivity index (χ2v) is 6.62. The lowest BCUT2D eigenvalue weighted by Gasteiger charge is -2.14. The van der Waals surface area contributed by atoms with Crippen LogP contribution in [-0.2, 0) is 11.0 Å². The summed E-state index contributed by atoms with van der Waals surface area (Å²) in [5.41, 5.74) is -0.807. The molecule has 0 radical (unpaired) electrons. The number of alkyl halides is 3. The van der Waals surface area contributed by atoms with E-state index in [0.29, 0.717) is 30.2 Å². The van der Waals surface area contributed by atoms with Crippen molar-refractivity contribution in [2.75, 3.05) is 18.4 Å². The zero-order valence-electron chi connectivity index (χ0n) is 14.5. The third kappa shape index (κ3) is 6.55. The maximum atomic E-state index is 12.4. The van der Waals surface area contributed by atoms with Gasteiger partial charge in [0.05, 0.1) is 10.4 Å². The van der Waals surface area contributed by atoms with Crippen LogP contribution in [0.15, 0.2) is 35.8 Å². The Bertz CT molecular complexity index is 749. The molecular formula is C17H19F3N4O2S. The number of carbonyl (C=O) groups is 2. The minimum atomic E-state index is -4.41. The molecule has 27 heavy (non-hydrogen) atoms. The second kappa shape index (κ2) is 9.36. The molecule has 1 atom stereocenters. The van der Waals surface area contributed by atoms with E-state index in [0.717, 1.165) is 12.3 Å². The molecule has 0 unspecified atom stereocenters. The Morgan fingerprint density at radius 1 is 1.22 bits per heavy atom. The molecule has 2 amide bonds. The van der Waals surface area contributed by atoms with Gasteiger partial charge in [-0.25, -0.2) is 4.98 Å². The maximum Gasteiger partial charge on any atom is 0.417 e. The number of hydrogen-bond acceptors (Lipinski definition) is 5. The van der Waals surface area contributed by atoms with E-state index < -0.39 is 17.8 Å². The predicted octanol–water partition coefficient (Wildman–Crippen LogP) is 2.90. The first-order chi connectivity index (χ1) is 12.8. The lowest BCUT2D eigenvalue weighted by molar-refractivity contribution is -0.137. The largest absolute Gasteiger partial charge is 0.417 e. The van der Waals surface area contributed by atoms with Crippen LogP contribution in [0.5, 0.6) is 0 Å². The van der Waals surface area contributed by atoms with Crippen molar-refractivity contribution in [2.45, 2.75) is 25.6 Å². The molecule has 2 aromatic heterocycles. The third-order valence-corrected chi connectivity index (χ3v) is 4.40. The molecule has 146 valence electrons. The SMILES string of the molecule is C[C@H](NC(=O)c1cccs1)C(=O)NCCCNc1ccc(C(F)(F)F)cn1. The van der Waals surface area contributed by atoms with Gasteiger partial charge >= 0.3 is 6.18 Å². The minimum absolute atomic E-state index is 0.303. The summed E-state index contributed by atoms with van der Waals surface area (Å²) in [6, 6.07) is 4.96. The van der Waals surface area contributed by atoms with Gasteiger partial charge in [-0.2, -0.15) is 13.2 Å². The number of hydrogen-bond donors (Lipinski definition) is 3. The fourth-order valence-electron chi connectivity index (χ4n) is 2.08. The summed E-state index contributed by atoms with van der Waals surface area (Å²) in [6.45, 7) is 2.37. The monoisotopic (exact) mass is 400 g/mol. The topological polar surface area (TPSA) is 83.1 Å². The fraction of sp³-hybridized carbons (Fsp3) is 0.353. The van der Waals surface area contributed by atoms with Crippen LogP contribution in [0.25, 0.3) is 0 Å². The summed E-state index contributed by atoms with van der Waals surface area (Å²) in [5, 5.41) is 9.95. The third-order valence-electron chi connectivity index (χ3n) is 3.54. The molecular weight excluding hydrogens is 381 g/mol. The number of thiophene rings is 1. The Balaban J connectivity index is 1.64. The van der Waals surface area contributed by atoms with Crippen LogP contribution in [0.1, 0.15) is 28.6 Å². The number of nitrogens with zero attached hydrogens (tertiary/aromatic N) is 1. The molecule has 0 aliphatic carbocycles. The number of carbonyl (C=O) groups excluding carboxylic acids is 2. The van der Waals surface area contributed by atoms with Gasteiger partial charge in [0.1, 0.15) is 11.9 Å². The van der Waals surface area contributed by atoms with E-state index in [-0.39, 0.29) is 11.8 Å². The average molecular weight is 400 g/mol. The van der Waals surface area contributed by atoms with E-state index in [9.17, 15) is 22.8 Å². The summed E-state index contributed by atoms with van der Waals surface area (Å²) in [6.07, 6.45) is -3.10. The molecule has 2 aromatic rings. The number of amides is 2. The van der Waals surface area contributed by atoms with Crippen LogP contribution < -0.4 is 16.0 Å². The van der Waals surface area contributed by atoms with Crippen molar-refractivity contribution in [2.24, 2.45) is 0 Å². The molecule has 0 spiro atoms. The van der Waals surface area contributed by atoms with Crippen LogP contribution in [-0.4, -0.2) is 35.9 Å². The normalized spacial score (nSPS) is 12.3. The summed E-state index contributed by atoms with van der Waals surface area (Å²) >= 11 is 1.29. The van der Waals surface area contributed by atoms with Gasteiger partial charge in [0, 0.05) is 19.3 Å². The van der Waals surface area contributed by atoms with Gasteiger partial charge in [-0.15, -0.1) is 11.3 Å². The van der Waals surface area contributed by atoms with Crippen LogP contribution in [0, 0.1) is 0 Å². The van der Waals surface area contributed by atoms with Crippen molar-refractivity contribution >= 4 is 29.0 Å². The average Bonchev–Trinajstić information content (AvgIpc) is 3.15. The van der Waals surface area contributed by atoms with Crippen LogP contribution in [0.3, 0.4) is 0 Å². The van der Waals surface area contributed by atoms with Gasteiger partial charge < -0.3 is 16.0 Å². The zero-order valence-corrected chi connectivity index (χ0v) is 15.3. The predicted molar refractivity (Wildman–Crippen MR) is 96.6 cm³/mol. The first-order valence-electron chi connectivity index (χ1n) is 8.16. The molecule has 3 N–H and O–H groups in total. The van der Waals surface area contributed by atoms with E-state index in [1.54, 1.807) is 24.4 Å². The van der Waals surface area contributed by atoms with Gasteiger partial charge in [-0.3, -0.25) is 9.59 Å². The van der Waals surface area contributed by atoms with Crippen molar-refractivity contribution < 1.29 is 22.8 Å². The highest BCUT2D eigenvalue weighted by molar-refractivity contribution is 7.12. The summed E-state index contributed by atoms with van der Waals surface area (Å²) in [4.78, 5) is 28.1. The van der Waals surface area contributed by atoms with E-state index in [4.69, 9.17) is 0 Å². The van der Waals surface area contributed by atoms with Crippen molar-refractivity contribution in [3.8, 4) is 0 Å². The molecule has 0 aliphatic heterocycles. The Hall–Kier alpha value is -2.62. The number of nitrogens with one attached hydrogen (secondary N) is 3. The van der Waals surface area contributed by atoms with Gasteiger partial charge in [0.2, 0.25) is 5.91 Å². The number of anilines is 1. The number of aromatic nitrogens is 1. The Kier molecular flexibility index (Phi) is 7.17. The van der Waals surface area contributed by atoms with Crippen molar-refractivity contribution in [1.82, 2.24) is 15.6 Å². The quantitative estimate of drug-likeness (QED) is 0.595. The molecule has 10 heteroatoms. The van der Waals surface area contributed by atoms with E-state index >= 15 is 0 Å². The first kappa shape index (κ1) is 20.7. The molecule has 0 saturated heterocycles. The van der Waals surface area contributed by atoms with Gasteiger partial charge in [-0.05, 0) is 36.9 Å². The smallest absolute Gasteiger partial charge is 0.370 e. The fourth-order valence-corrected chi connectivity index (χ4v) is 2.70. The van der Waals surface area contributed by atoms with Gasteiger partial charge in [0.15, 0.2) is 0 Å². The summed E-state index contributed by atoms with van der Waals surface area (Å²) in [7, 11) is 0. The molecule has 0 fully saturated rings. The zero-order chi connectivity index (χ0) is 19.9. The van der Waals surface area contributed by atoms with E-state index in [1.165, 1.54) is 17.4 Å². The molecule has 0 aliphatic rings. The van der Waals surface area contributed by atoms with E-state index in [1.807, 2.05) is 0 Å². The molecule has 2 heterocycles. The van der Waals surface area contributed by atoms with E-state index in [2.05, 4.69) is 20.9 Å². The molecule has 0 aromatic carbocycles. The van der Waals surface area contributed by atoms with Crippen LogP contribution in [0.4, 0.5) is 19.0 Å². The lowest BCUT2D eigenvalue weighted by atomic mass is 10.2. The van der Waals surface area contributed by atoms with Crippen LogP contribution in [0.2, 0.25) is 0 Å². The standard InChI is InChI=1S/C17H19F3N4O2S/c1-11(24-16(26)13-4-2-9-27-13)15(25)22-8-3-7-21-14-6-5-12(10-23-14)17(18,19)20/h2,4-6,9-11H,3,7-8H2,1H3,(H,21,23)(H,22,25)(H,24,26)/t11-/m0/s1. The van der Waals surface area contributed by atoms with Crippen molar-refractivity contribution in [1.29, 1.82) is 0 Å². The number of halogens is 3. The highest BCUT2D eigenvalue weighted by Crippen LogP contribution is 2.28. The molecule has 0 bridgehead atoms. The second-order valence-electron chi connectivity index (χ2n) is 5.67. The Morgan fingerprint density at radius 2 is 2.00 bits per heavy atom. The number of pyridine rings is 1. The van der Waals surface area contributed by atoms with Gasteiger partial charge in [-0.1, -0.05) is 6.07 Å². The van der Waals surface area contributed by atoms with Gasteiger partial charge in [0.25, 0.3) is 5.91 Å². The minimum Gasteiger partial charge on any atom is -0.370 e. The lowest BCUT2D eigenvalue weighted by Crippen LogP contribution is -2.45. The highest BCUT2D eigenvalue weighted by atomic mass is 32.1. The Labute approximate surface area is 158 Å². The summed E-state index contributed by atoms with van der Waals surface area (Å²) in [5.74, 6) is -0.291. The summed E-state index contributed by atoms with van der Waals surface area (Å²) < 4.78 is 37.3. The maximum absolute atomic E-state index is 12.4.